The highest BCUT2D eigenvalue weighted by Gasteiger charge is 2.53. The first-order valence-electron chi connectivity index (χ1n) is 8.95. The maximum atomic E-state index is 6.25. The van der Waals surface area contributed by atoms with Gasteiger partial charge in [-0.15, -0.1) is 0 Å². The Balaban J connectivity index is 1.80. The fraction of sp³-hybridized carbons (Fsp3) is 0.381. The highest BCUT2D eigenvalue weighted by Crippen LogP contribution is 2.59. The van der Waals surface area contributed by atoms with E-state index in [1.807, 2.05) is 12.3 Å². The zero-order valence-corrected chi connectivity index (χ0v) is 14.2. The molecule has 0 unspecified atom stereocenters. The fourth-order valence-electron chi connectivity index (χ4n) is 5.06. The van der Waals surface area contributed by atoms with Crippen LogP contribution in [0, 0.1) is 6.92 Å². The summed E-state index contributed by atoms with van der Waals surface area (Å²) in [6.45, 7) is 4.49. The lowest BCUT2D eigenvalue weighted by Gasteiger charge is -2.41. The van der Waals surface area contributed by atoms with Gasteiger partial charge in [0.2, 0.25) is 5.71 Å². The molecule has 122 valence electrons. The van der Waals surface area contributed by atoms with Crippen LogP contribution in [0.15, 0.2) is 47.0 Å². The molecule has 1 saturated carbocycles. The van der Waals surface area contributed by atoms with Crippen molar-refractivity contribution in [2.45, 2.75) is 51.1 Å². The van der Waals surface area contributed by atoms with E-state index in [-0.39, 0.29) is 11.6 Å². The van der Waals surface area contributed by atoms with Crippen LogP contribution in [0.3, 0.4) is 0 Å². The Hall–Kier alpha value is -2.29. The molecule has 1 fully saturated rings. The first kappa shape index (κ1) is 14.1. The van der Waals surface area contributed by atoms with Crippen LogP contribution in [0.25, 0.3) is 11.1 Å². The van der Waals surface area contributed by atoms with Crippen LogP contribution in [-0.4, -0.2) is 4.98 Å². The maximum Gasteiger partial charge on any atom is 0.226 e. The van der Waals surface area contributed by atoms with E-state index in [2.05, 4.69) is 54.1 Å². The molecule has 1 atom stereocenters. The van der Waals surface area contributed by atoms with E-state index in [1.54, 1.807) is 0 Å². The largest absolute Gasteiger partial charge is 0.440 e. The summed E-state index contributed by atoms with van der Waals surface area (Å²) >= 11 is 0. The molecule has 0 bridgehead atoms. The van der Waals surface area contributed by atoms with Gasteiger partial charge in [0, 0.05) is 22.8 Å². The Morgan fingerprint density at radius 2 is 1.92 bits per heavy atom. The molecule has 0 radical (unpaired) electrons. The minimum Gasteiger partial charge on any atom is -0.440 e. The zero-order valence-electron chi connectivity index (χ0n) is 14.2. The van der Waals surface area contributed by atoms with Crippen molar-refractivity contribution in [1.29, 1.82) is 0 Å². The first-order valence-corrected chi connectivity index (χ1v) is 8.95. The Kier molecular flexibility index (Phi) is 2.85. The normalized spacial score (nSPS) is 21.8. The molecule has 0 saturated heterocycles. The summed E-state index contributed by atoms with van der Waals surface area (Å²) in [5.41, 5.74) is 4.94. The minimum atomic E-state index is 0.0646. The molecule has 24 heavy (non-hydrogen) atoms. The number of hydrogen-bond donors (Lipinski definition) is 0. The number of aryl methyl sites for hydroxylation is 1. The zero-order chi connectivity index (χ0) is 16.3. The van der Waals surface area contributed by atoms with Gasteiger partial charge in [0.15, 0.2) is 0 Å². The van der Waals surface area contributed by atoms with Gasteiger partial charge in [-0.25, -0.2) is 4.98 Å². The van der Waals surface area contributed by atoms with Crippen molar-refractivity contribution in [1.82, 2.24) is 4.98 Å². The number of pyridine rings is 1. The van der Waals surface area contributed by atoms with Gasteiger partial charge in [-0.3, -0.25) is 0 Å². The second-order valence-corrected chi connectivity index (χ2v) is 7.27. The molecule has 0 N–H and O–H groups in total. The Labute approximate surface area is 142 Å². The molecular formula is C21H22N2O. The van der Waals surface area contributed by atoms with Crippen LogP contribution >= 0.6 is 0 Å². The summed E-state index contributed by atoms with van der Waals surface area (Å²) in [7, 11) is 0. The molecule has 5 rings (SSSR count). The third kappa shape index (κ3) is 1.65. The highest BCUT2D eigenvalue weighted by molar-refractivity contribution is 5.84. The van der Waals surface area contributed by atoms with Crippen molar-refractivity contribution >= 4 is 16.8 Å². The van der Waals surface area contributed by atoms with Crippen LogP contribution in [0.2, 0.25) is 0 Å². The fourth-order valence-corrected chi connectivity index (χ4v) is 5.06. The van der Waals surface area contributed by atoms with Gasteiger partial charge >= 0.3 is 0 Å². The van der Waals surface area contributed by atoms with Gasteiger partial charge in [-0.2, -0.15) is 0 Å². The van der Waals surface area contributed by atoms with Crippen LogP contribution in [0.1, 0.15) is 55.5 Å². The molecule has 3 heterocycles. The molecule has 3 aromatic rings. The van der Waals surface area contributed by atoms with E-state index in [1.165, 1.54) is 47.9 Å². The van der Waals surface area contributed by atoms with E-state index in [9.17, 15) is 0 Å². The second kappa shape index (κ2) is 4.85. The van der Waals surface area contributed by atoms with Crippen LogP contribution < -0.4 is 4.90 Å². The van der Waals surface area contributed by atoms with E-state index < -0.39 is 0 Å². The number of rotatable bonds is 1. The van der Waals surface area contributed by atoms with Gasteiger partial charge < -0.3 is 9.32 Å². The number of anilines is 1. The quantitative estimate of drug-likeness (QED) is 0.594. The molecule has 1 spiro atoms. The van der Waals surface area contributed by atoms with E-state index in [0.29, 0.717) is 0 Å². The summed E-state index contributed by atoms with van der Waals surface area (Å²) in [5, 5.41) is 1.21. The summed E-state index contributed by atoms with van der Waals surface area (Å²) < 4.78 is 6.25. The predicted octanol–water partition coefficient (Wildman–Crippen LogP) is 5.49. The molecule has 3 heteroatoms. The number of benzene rings is 1. The van der Waals surface area contributed by atoms with Crippen molar-refractivity contribution in [2.75, 3.05) is 4.90 Å². The average Bonchev–Trinajstić information content (AvgIpc) is 3.26. The van der Waals surface area contributed by atoms with Crippen LogP contribution in [-0.2, 0) is 5.54 Å². The molecule has 2 aromatic heterocycles. The van der Waals surface area contributed by atoms with Gasteiger partial charge in [-0.05, 0) is 50.5 Å². The number of fused-ring (bicyclic) bond motifs is 4. The van der Waals surface area contributed by atoms with Crippen molar-refractivity contribution in [3.63, 3.8) is 0 Å². The van der Waals surface area contributed by atoms with E-state index in [0.717, 1.165) is 11.5 Å². The Morgan fingerprint density at radius 1 is 1.12 bits per heavy atom. The average molecular weight is 318 g/mol. The second-order valence-electron chi connectivity index (χ2n) is 7.27. The molecule has 2 aliphatic rings. The maximum absolute atomic E-state index is 6.25. The number of aromatic nitrogens is 1. The van der Waals surface area contributed by atoms with Crippen LogP contribution in [0.5, 0.6) is 0 Å². The molecule has 3 nitrogen and oxygen atoms in total. The lowest BCUT2D eigenvalue weighted by atomic mass is 9.87. The number of para-hydroxylation sites is 1. The third-order valence-corrected chi connectivity index (χ3v) is 5.99. The topological polar surface area (TPSA) is 29.3 Å². The van der Waals surface area contributed by atoms with Crippen LogP contribution in [0.4, 0.5) is 5.69 Å². The lowest BCUT2D eigenvalue weighted by molar-refractivity contribution is 0.410. The smallest absolute Gasteiger partial charge is 0.226 e. The summed E-state index contributed by atoms with van der Waals surface area (Å²) in [6.07, 6.45) is 6.78. The van der Waals surface area contributed by atoms with Gasteiger partial charge in [0.05, 0.1) is 11.6 Å². The predicted molar refractivity (Wildman–Crippen MR) is 96.2 cm³/mol. The van der Waals surface area contributed by atoms with Crippen molar-refractivity contribution in [3.8, 4) is 0 Å². The van der Waals surface area contributed by atoms with Gasteiger partial charge in [0.1, 0.15) is 5.76 Å². The van der Waals surface area contributed by atoms with E-state index >= 15 is 0 Å². The van der Waals surface area contributed by atoms with E-state index in [4.69, 9.17) is 4.42 Å². The standard InChI is InChI=1S/C21H22N2O/c1-14-8-3-4-10-17(14)23-15(2)19-18(21(23)11-5-6-12-21)16-9-7-13-22-20(16)24-19/h3-4,7-10,13,15H,5-6,11-12H2,1-2H3/t15-/m0/s1. The number of furan rings is 1. The summed E-state index contributed by atoms with van der Waals surface area (Å²) in [5.74, 6) is 1.12. The molecule has 1 aliphatic carbocycles. The summed E-state index contributed by atoms with van der Waals surface area (Å²) in [4.78, 5) is 7.10. The van der Waals surface area contributed by atoms with Crippen molar-refractivity contribution < 1.29 is 4.42 Å². The Bertz CT molecular complexity index is 920. The molecule has 0 amide bonds. The number of hydrogen-bond acceptors (Lipinski definition) is 3. The number of nitrogens with zero attached hydrogens (tertiary/aromatic N) is 2. The SMILES string of the molecule is Cc1ccccc1N1[C@@H](C)c2oc3ncccc3c2C12CCCC2. The lowest BCUT2D eigenvalue weighted by Crippen LogP contribution is -2.40. The molecular weight excluding hydrogens is 296 g/mol. The van der Waals surface area contributed by atoms with Crippen molar-refractivity contribution in [2.24, 2.45) is 0 Å². The monoisotopic (exact) mass is 318 g/mol. The highest BCUT2D eigenvalue weighted by atomic mass is 16.3. The van der Waals surface area contributed by atoms with Gasteiger partial charge in [0.25, 0.3) is 0 Å². The molecule has 1 aliphatic heterocycles. The van der Waals surface area contributed by atoms with Crippen molar-refractivity contribution in [3.05, 3.63) is 59.5 Å². The summed E-state index contributed by atoms with van der Waals surface area (Å²) in [6, 6.07) is 13.2. The first-order chi connectivity index (χ1) is 11.7. The molecule has 1 aromatic carbocycles. The van der Waals surface area contributed by atoms with Gasteiger partial charge in [-0.1, -0.05) is 31.0 Å². The minimum absolute atomic E-state index is 0.0646. The third-order valence-electron chi connectivity index (χ3n) is 5.99. The Morgan fingerprint density at radius 3 is 2.71 bits per heavy atom.